The maximum Gasteiger partial charge on any atom is 0.323 e. The summed E-state index contributed by atoms with van der Waals surface area (Å²) in [7, 11) is 0. The molecule has 1 saturated carbocycles. The van der Waals surface area contributed by atoms with Crippen molar-refractivity contribution in [3.05, 3.63) is 53.8 Å². The molecule has 4 aromatic heterocycles. The van der Waals surface area contributed by atoms with Crippen LogP contribution in [0.25, 0.3) is 11.5 Å². The summed E-state index contributed by atoms with van der Waals surface area (Å²) in [4.78, 5) is 22.4. The number of amides is 2. The largest absolute Gasteiger partial charge is 0.323 e. The first kappa shape index (κ1) is 16.6. The van der Waals surface area contributed by atoms with Crippen LogP contribution in [0.2, 0.25) is 5.02 Å². The predicted octanol–water partition coefficient (Wildman–Crippen LogP) is 2.88. The van der Waals surface area contributed by atoms with Gasteiger partial charge in [-0.05, 0) is 24.8 Å². The minimum absolute atomic E-state index is 0.313. The number of pyridine rings is 1. The molecule has 1 aliphatic carbocycles. The van der Waals surface area contributed by atoms with Crippen LogP contribution in [-0.2, 0) is 0 Å². The molecule has 2 amide bonds. The second kappa shape index (κ2) is 6.57. The lowest BCUT2D eigenvalue weighted by Gasteiger charge is -2.12. The number of urea groups is 1. The lowest BCUT2D eigenvalue weighted by atomic mass is 10.1. The van der Waals surface area contributed by atoms with Crippen LogP contribution >= 0.6 is 11.6 Å². The molecule has 0 unspecified atom stereocenters. The number of hydrogen-bond acceptors (Lipinski definition) is 6. The molecule has 4 heterocycles. The van der Waals surface area contributed by atoms with E-state index >= 15 is 0 Å². The van der Waals surface area contributed by atoms with Crippen molar-refractivity contribution >= 4 is 34.7 Å². The molecule has 10 nitrogen and oxygen atoms in total. The number of aromatic nitrogens is 7. The van der Waals surface area contributed by atoms with Crippen molar-refractivity contribution < 1.29 is 4.79 Å². The van der Waals surface area contributed by atoms with Crippen LogP contribution in [0.1, 0.15) is 24.3 Å². The van der Waals surface area contributed by atoms with Gasteiger partial charge in [-0.15, -0.1) is 4.80 Å². The Morgan fingerprint density at radius 1 is 1.07 bits per heavy atom. The molecule has 0 atom stereocenters. The van der Waals surface area contributed by atoms with E-state index in [0.29, 0.717) is 28.1 Å². The molecule has 140 valence electrons. The number of rotatable bonds is 4. The van der Waals surface area contributed by atoms with Crippen molar-refractivity contribution in [2.45, 2.75) is 18.8 Å². The minimum Gasteiger partial charge on any atom is -0.306 e. The smallest absolute Gasteiger partial charge is 0.306 e. The molecule has 4 aromatic rings. The van der Waals surface area contributed by atoms with Crippen molar-refractivity contribution in [3.63, 3.8) is 0 Å². The molecule has 11 heteroatoms. The highest BCUT2D eigenvalue weighted by Crippen LogP contribution is 2.44. The molecule has 0 saturated heterocycles. The summed E-state index contributed by atoms with van der Waals surface area (Å²) in [5, 5.41) is 18.2. The van der Waals surface area contributed by atoms with E-state index in [-0.39, 0.29) is 0 Å². The zero-order valence-electron chi connectivity index (χ0n) is 14.4. The number of nitrogens with zero attached hydrogens (tertiary/aromatic N) is 7. The second-order valence-corrected chi connectivity index (χ2v) is 6.78. The molecular weight excluding hydrogens is 382 g/mol. The average Bonchev–Trinajstić information content (AvgIpc) is 3.16. The number of carbonyl (C=O) groups excluding carboxylic acids is 1. The molecule has 2 N–H and O–H groups in total. The molecule has 0 aromatic carbocycles. The van der Waals surface area contributed by atoms with Crippen molar-refractivity contribution in [1.29, 1.82) is 0 Å². The van der Waals surface area contributed by atoms with E-state index in [9.17, 15) is 4.79 Å². The van der Waals surface area contributed by atoms with Gasteiger partial charge < -0.3 is 10.6 Å². The maximum atomic E-state index is 12.5. The Hall–Kier alpha value is -3.53. The van der Waals surface area contributed by atoms with Gasteiger partial charge in [0, 0.05) is 18.0 Å². The number of fused-ring (bicyclic) bond motifs is 1. The fraction of sp³-hybridized carbons (Fsp3) is 0.176. The van der Waals surface area contributed by atoms with Crippen molar-refractivity contribution in [2.75, 3.05) is 10.6 Å². The van der Waals surface area contributed by atoms with Crippen LogP contribution in [0.5, 0.6) is 0 Å². The number of anilines is 2. The van der Waals surface area contributed by atoms with Gasteiger partial charge in [0.15, 0.2) is 11.5 Å². The van der Waals surface area contributed by atoms with Gasteiger partial charge in [-0.25, -0.2) is 19.3 Å². The SMILES string of the molecule is O=C(Nc1cnc(-n2nccn2)c(Cl)c1)Nc1cnn2ccnc2c1C1CC1. The first-order valence-electron chi connectivity index (χ1n) is 8.61. The van der Waals surface area contributed by atoms with Gasteiger partial charge in [-0.1, -0.05) is 11.6 Å². The standard InChI is InChI=1S/C17H14ClN9O/c18-12-7-11(8-20-15(12)27-21-3-4-22-27)24-17(28)25-13-9-23-26-6-5-19-16(26)14(13)10-1-2-10/h3-10H,1-2H2,(H2,24,25,28). The number of hydrogen-bond donors (Lipinski definition) is 2. The Bertz CT molecular complexity index is 1170. The van der Waals surface area contributed by atoms with Gasteiger partial charge >= 0.3 is 6.03 Å². The van der Waals surface area contributed by atoms with Crippen LogP contribution in [0.15, 0.2) is 43.2 Å². The zero-order valence-corrected chi connectivity index (χ0v) is 15.2. The fourth-order valence-electron chi connectivity index (χ4n) is 3.02. The number of carbonyl (C=O) groups is 1. The summed E-state index contributed by atoms with van der Waals surface area (Å²) in [6.07, 6.45) is 11.8. The first-order valence-corrected chi connectivity index (χ1v) is 8.99. The normalized spacial score (nSPS) is 13.6. The predicted molar refractivity (Wildman–Crippen MR) is 102 cm³/mol. The number of nitrogens with one attached hydrogen (secondary N) is 2. The number of halogens is 1. The Labute approximate surface area is 163 Å². The highest BCUT2D eigenvalue weighted by atomic mass is 35.5. The van der Waals surface area contributed by atoms with Crippen molar-refractivity contribution in [3.8, 4) is 5.82 Å². The van der Waals surface area contributed by atoms with Gasteiger partial charge in [0.1, 0.15) is 0 Å². The quantitative estimate of drug-likeness (QED) is 0.549. The molecule has 0 spiro atoms. The van der Waals surface area contributed by atoms with E-state index in [1.54, 1.807) is 29.2 Å². The lowest BCUT2D eigenvalue weighted by molar-refractivity contribution is 0.262. The molecule has 0 radical (unpaired) electrons. The molecular formula is C17H14ClN9O. The van der Waals surface area contributed by atoms with Crippen molar-refractivity contribution in [2.24, 2.45) is 0 Å². The van der Waals surface area contributed by atoms with Crippen LogP contribution in [0.3, 0.4) is 0 Å². The number of imidazole rings is 1. The molecule has 0 aliphatic heterocycles. The van der Waals surface area contributed by atoms with E-state index < -0.39 is 6.03 Å². The summed E-state index contributed by atoms with van der Waals surface area (Å²) in [6, 6.07) is 1.17. The first-order chi connectivity index (χ1) is 13.7. The summed E-state index contributed by atoms with van der Waals surface area (Å²) in [5.74, 6) is 0.766. The van der Waals surface area contributed by atoms with Gasteiger partial charge in [0.25, 0.3) is 0 Å². The Morgan fingerprint density at radius 2 is 1.89 bits per heavy atom. The molecule has 5 rings (SSSR count). The van der Waals surface area contributed by atoms with Gasteiger partial charge in [0.05, 0.1) is 41.2 Å². The minimum atomic E-state index is -0.414. The lowest BCUT2D eigenvalue weighted by Crippen LogP contribution is -2.21. The maximum absolute atomic E-state index is 12.5. The summed E-state index contributed by atoms with van der Waals surface area (Å²) in [6.45, 7) is 0. The highest BCUT2D eigenvalue weighted by Gasteiger charge is 2.30. The van der Waals surface area contributed by atoms with Gasteiger partial charge in [-0.2, -0.15) is 15.3 Å². The van der Waals surface area contributed by atoms with Crippen LogP contribution < -0.4 is 10.6 Å². The topological polar surface area (TPSA) is 115 Å². The van der Waals surface area contributed by atoms with Crippen LogP contribution in [0, 0.1) is 0 Å². The van der Waals surface area contributed by atoms with E-state index in [2.05, 4.69) is 35.9 Å². The molecule has 28 heavy (non-hydrogen) atoms. The van der Waals surface area contributed by atoms with E-state index in [1.165, 1.54) is 23.4 Å². The summed E-state index contributed by atoms with van der Waals surface area (Å²) < 4.78 is 1.71. The molecule has 1 aliphatic rings. The Morgan fingerprint density at radius 3 is 2.64 bits per heavy atom. The third kappa shape index (κ3) is 3.03. The fourth-order valence-corrected chi connectivity index (χ4v) is 3.26. The molecule has 0 bridgehead atoms. The van der Waals surface area contributed by atoms with Crippen LogP contribution in [0.4, 0.5) is 16.2 Å². The van der Waals surface area contributed by atoms with Crippen LogP contribution in [-0.4, -0.2) is 40.6 Å². The third-order valence-electron chi connectivity index (χ3n) is 4.39. The monoisotopic (exact) mass is 395 g/mol. The Kier molecular flexibility index (Phi) is 3.90. The van der Waals surface area contributed by atoms with Crippen molar-refractivity contribution in [1.82, 2.24) is 34.6 Å². The van der Waals surface area contributed by atoms with E-state index in [0.717, 1.165) is 24.1 Å². The highest BCUT2D eigenvalue weighted by molar-refractivity contribution is 6.32. The zero-order chi connectivity index (χ0) is 19.1. The summed E-state index contributed by atoms with van der Waals surface area (Å²) in [5.41, 5.74) is 2.86. The van der Waals surface area contributed by atoms with E-state index in [1.807, 2.05) is 0 Å². The average molecular weight is 396 g/mol. The Balaban J connectivity index is 1.36. The molecule has 1 fully saturated rings. The second-order valence-electron chi connectivity index (χ2n) is 6.37. The van der Waals surface area contributed by atoms with Gasteiger partial charge in [0.2, 0.25) is 0 Å². The van der Waals surface area contributed by atoms with Gasteiger partial charge in [-0.3, -0.25) is 0 Å². The third-order valence-corrected chi connectivity index (χ3v) is 4.66. The summed E-state index contributed by atoms with van der Waals surface area (Å²) >= 11 is 6.24. The van der Waals surface area contributed by atoms with E-state index in [4.69, 9.17) is 11.6 Å².